The highest BCUT2D eigenvalue weighted by molar-refractivity contribution is 7.86. The van der Waals surface area contributed by atoms with Crippen LogP contribution in [0.15, 0.2) is 18.2 Å². The number of fused-ring (bicyclic) bond motifs is 1. The van der Waals surface area contributed by atoms with E-state index in [-0.39, 0.29) is 18.6 Å². The van der Waals surface area contributed by atoms with Gasteiger partial charge in [-0.05, 0) is 43.4 Å². The first-order valence-electron chi connectivity index (χ1n) is 9.45. The summed E-state index contributed by atoms with van der Waals surface area (Å²) < 4.78 is 38.9. The number of rotatable bonds is 5. The second-order valence-electron chi connectivity index (χ2n) is 7.19. The van der Waals surface area contributed by atoms with Gasteiger partial charge in [0, 0.05) is 38.6 Å². The number of nitrogens with zero attached hydrogens (tertiary/aromatic N) is 2. The van der Waals surface area contributed by atoms with Gasteiger partial charge in [-0.3, -0.25) is 4.79 Å². The fraction of sp³-hybridized carbons (Fsp3) is 0.611. The average Bonchev–Trinajstić information content (AvgIpc) is 3.37. The lowest BCUT2D eigenvalue weighted by Gasteiger charge is -2.33. The molecule has 0 saturated carbocycles. The Labute approximate surface area is 159 Å². The number of nitrogens with one attached hydrogen (secondary N) is 1. The quantitative estimate of drug-likeness (QED) is 0.806. The summed E-state index contributed by atoms with van der Waals surface area (Å²) in [4.78, 5) is 12.5. The van der Waals surface area contributed by atoms with E-state index in [0.29, 0.717) is 51.3 Å². The number of hydrogen-bond donors (Lipinski definition) is 1. The van der Waals surface area contributed by atoms with Gasteiger partial charge in [0.05, 0.1) is 0 Å². The third kappa shape index (κ3) is 3.90. The summed E-state index contributed by atoms with van der Waals surface area (Å²) in [6, 6.07) is 5.61. The Hall–Kier alpha value is -1.84. The Morgan fingerprint density at radius 3 is 2.44 bits per heavy atom. The minimum absolute atomic E-state index is 0.0223. The third-order valence-corrected chi connectivity index (χ3v) is 7.48. The second kappa shape index (κ2) is 7.65. The molecule has 3 aliphatic heterocycles. The first-order chi connectivity index (χ1) is 13.0. The van der Waals surface area contributed by atoms with Gasteiger partial charge in [-0.15, -0.1) is 0 Å². The molecule has 148 valence electrons. The van der Waals surface area contributed by atoms with Crippen LogP contribution in [0.4, 0.5) is 0 Å². The fourth-order valence-corrected chi connectivity index (χ4v) is 5.53. The molecule has 3 heterocycles. The van der Waals surface area contributed by atoms with E-state index in [1.54, 1.807) is 4.31 Å². The zero-order valence-electron chi connectivity index (χ0n) is 15.2. The molecule has 0 aliphatic carbocycles. The van der Waals surface area contributed by atoms with E-state index in [2.05, 4.69) is 5.32 Å². The molecule has 1 aromatic rings. The van der Waals surface area contributed by atoms with E-state index in [1.165, 1.54) is 4.31 Å². The van der Waals surface area contributed by atoms with Crippen molar-refractivity contribution in [3.05, 3.63) is 23.8 Å². The third-order valence-electron chi connectivity index (χ3n) is 5.45. The first kappa shape index (κ1) is 18.5. The van der Waals surface area contributed by atoms with Gasteiger partial charge >= 0.3 is 0 Å². The smallest absolute Gasteiger partial charge is 0.281 e. The summed E-state index contributed by atoms with van der Waals surface area (Å²) >= 11 is 0. The predicted octanol–water partition coefficient (Wildman–Crippen LogP) is 1.08. The van der Waals surface area contributed by atoms with Crippen LogP contribution < -0.4 is 14.8 Å². The molecule has 27 heavy (non-hydrogen) atoms. The van der Waals surface area contributed by atoms with Crippen molar-refractivity contribution in [2.24, 2.45) is 5.92 Å². The maximum Gasteiger partial charge on any atom is 0.281 e. The molecule has 1 aromatic carbocycles. The Morgan fingerprint density at radius 1 is 1.04 bits per heavy atom. The van der Waals surface area contributed by atoms with E-state index in [9.17, 15) is 13.2 Å². The van der Waals surface area contributed by atoms with Crippen LogP contribution >= 0.6 is 0 Å². The summed E-state index contributed by atoms with van der Waals surface area (Å²) in [6.45, 7) is 2.67. The highest BCUT2D eigenvalue weighted by atomic mass is 32.2. The zero-order chi connectivity index (χ0) is 18.9. The van der Waals surface area contributed by atoms with Crippen molar-refractivity contribution in [3.8, 4) is 11.5 Å². The standard InChI is InChI=1S/C18H25N3O5S/c22-18(19-12-14-3-4-16-17(11-14)26-13-25-16)15-5-9-21(10-6-15)27(23,24)20-7-1-2-8-20/h3-4,11,15H,1-2,5-10,12-13H2,(H,19,22). The fourth-order valence-electron chi connectivity index (χ4n) is 3.82. The molecule has 3 aliphatic rings. The van der Waals surface area contributed by atoms with Gasteiger partial charge in [-0.2, -0.15) is 17.0 Å². The van der Waals surface area contributed by atoms with E-state index in [4.69, 9.17) is 9.47 Å². The molecule has 2 saturated heterocycles. The summed E-state index contributed by atoms with van der Waals surface area (Å²) in [5.41, 5.74) is 0.946. The van der Waals surface area contributed by atoms with Gasteiger partial charge in [0.2, 0.25) is 12.7 Å². The molecule has 1 N–H and O–H groups in total. The zero-order valence-corrected chi connectivity index (χ0v) is 16.0. The van der Waals surface area contributed by atoms with Crippen LogP contribution in [-0.4, -0.2) is 55.9 Å². The van der Waals surface area contributed by atoms with Crippen LogP contribution in [0.1, 0.15) is 31.2 Å². The minimum Gasteiger partial charge on any atom is -0.454 e. The number of ether oxygens (including phenoxy) is 2. The Kier molecular flexibility index (Phi) is 5.25. The predicted molar refractivity (Wildman–Crippen MR) is 98.4 cm³/mol. The number of carbonyl (C=O) groups is 1. The highest BCUT2D eigenvalue weighted by Gasteiger charge is 2.35. The maximum atomic E-state index is 12.6. The Bertz CT molecular complexity index is 799. The summed E-state index contributed by atoms with van der Waals surface area (Å²) in [7, 11) is -3.36. The monoisotopic (exact) mass is 395 g/mol. The van der Waals surface area contributed by atoms with Crippen molar-refractivity contribution in [2.45, 2.75) is 32.2 Å². The molecule has 0 aromatic heterocycles. The molecule has 2 fully saturated rings. The van der Waals surface area contributed by atoms with Crippen LogP contribution in [0.3, 0.4) is 0 Å². The number of hydrogen-bond acceptors (Lipinski definition) is 5. The molecule has 0 unspecified atom stereocenters. The summed E-state index contributed by atoms with van der Waals surface area (Å²) in [5, 5.41) is 2.95. The Morgan fingerprint density at radius 2 is 1.70 bits per heavy atom. The van der Waals surface area contributed by atoms with Crippen molar-refractivity contribution < 1.29 is 22.7 Å². The van der Waals surface area contributed by atoms with Crippen molar-refractivity contribution in [2.75, 3.05) is 33.0 Å². The van der Waals surface area contributed by atoms with Gasteiger partial charge in [-0.25, -0.2) is 0 Å². The lowest BCUT2D eigenvalue weighted by molar-refractivity contribution is -0.126. The molecule has 0 radical (unpaired) electrons. The maximum absolute atomic E-state index is 12.6. The van der Waals surface area contributed by atoms with Gasteiger partial charge in [-0.1, -0.05) is 6.07 Å². The topological polar surface area (TPSA) is 88.2 Å². The van der Waals surface area contributed by atoms with Crippen molar-refractivity contribution >= 4 is 16.1 Å². The van der Waals surface area contributed by atoms with Crippen LogP contribution in [-0.2, 0) is 21.5 Å². The number of amides is 1. The molecule has 0 atom stereocenters. The molecule has 4 rings (SSSR count). The van der Waals surface area contributed by atoms with Gasteiger partial charge < -0.3 is 14.8 Å². The second-order valence-corrected chi connectivity index (χ2v) is 9.12. The van der Waals surface area contributed by atoms with E-state index in [1.807, 2.05) is 18.2 Å². The summed E-state index contributed by atoms with van der Waals surface area (Å²) in [6.07, 6.45) is 2.97. The lowest BCUT2D eigenvalue weighted by Crippen LogP contribution is -2.48. The SMILES string of the molecule is O=C(NCc1ccc2c(c1)OCO2)C1CCN(S(=O)(=O)N2CCCC2)CC1. The number of carbonyl (C=O) groups excluding carboxylic acids is 1. The number of piperidine rings is 1. The van der Waals surface area contributed by atoms with Crippen LogP contribution in [0, 0.1) is 5.92 Å². The Balaban J connectivity index is 1.27. The van der Waals surface area contributed by atoms with E-state index in [0.717, 1.165) is 24.2 Å². The molecule has 8 nitrogen and oxygen atoms in total. The molecule has 1 amide bonds. The molecular formula is C18H25N3O5S. The molecule has 0 spiro atoms. The van der Waals surface area contributed by atoms with Crippen molar-refractivity contribution in [3.63, 3.8) is 0 Å². The van der Waals surface area contributed by atoms with Crippen molar-refractivity contribution in [1.82, 2.24) is 13.9 Å². The number of benzene rings is 1. The molecular weight excluding hydrogens is 370 g/mol. The van der Waals surface area contributed by atoms with Gasteiger partial charge in [0.15, 0.2) is 11.5 Å². The van der Waals surface area contributed by atoms with E-state index < -0.39 is 10.2 Å². The minimum atomic E-state index is -3.36. The van der Waals surface area contributed by atoms with Gasteiger partial charge in [0.1, 0.15) is 0 Å². The average molecular weight is 395 g/mol. The largest absolute Gasteiger partial charge is 0.454 e. The first-order valence-corrected chi connectivity index (χ1v) is 10.9. The van der Waals surface area contributed by atoms with Gasteiger partial charge in [0.25, 0.3) is 10.2 Å². The van der Waals surface area contributed by atoms with E-state index >= 15 is 0 Å². The van der Waals surface area contributed by atoms with Crippen LogP contribution in [0.5, 0.6) is 11.5 Å². The lowest BCUT2D eigenvalue weighted by atomic mass is 9.97. The highest BCUT2D eigenvalue weighted by Crippen LogP contribution is 2.32. The van der Waals surface area contributed by atoms with Crippen LogP contribution in [0.2, 0.25) is 0 Å². The van der Waals surface area contributed by atoms with Crippen LogP contribution in [0.25, 0.3) is 0 Å². The van der Waals surface area contributed by atoms with Crippen molar-refractivity contribution in [1.29, 1.82) is 0 Å². The molecule has 0 bridgehead atoms. The molecule has 9 heteroatoms. The normalized spacial score (nSPS) is 21.5. The summed E-state index contributed by atoms with van der Waals surface area (Å²) in [5.74, 6) is 1.24.